The number of hydrogen-bond acceptors (Lipinski definition) is 12. The van der Waals surface area contributed by atoms with Gasteiger partial charge in [-0.1, -0.05) is 109 Å². The van der Waals surface area contributed by atoms with Gasteiger partial charge in [0.25, 0.3) is 11.8 Å². The van der Waals surface area contributed by atoms with Crippen LogP contribution >= 0.6 is 23.1 Å². The molecule has 5 heterocycles. The second kappa shape index (κ2) is 16.9. The van der Waals surface area contributed by atoms with Crippen molar-refractivity contribution < 1.29 is 38.7 Å². The van der Waals surface area contributed by atoms with Crippen LogP contribution in [-0.2, 0) is 34.4 Å². The number of thiazole rings is 1. The summed E-state index contributed by atoms with van der Waals surface area (Å²) in [5, 5.41) is 21.7. The van der Waals surface area contributed by atoms with Crippen molar-refractivity contribution in [2.75, 3.05) is 37.7 Å². The average Bonchev–Trinajstić information content (AvgIpc) is 3.89. The number of likely N-dealkylation sites (tertiary alicyclic amines) is 1. The Bertz CT molecular complexity index is 2350. The monoisotopic (exact) mass is 845 g/mol. The Hall–Kier alpha value is -6.72. The molecular weight excluding hydrogens is 807 g/mol. The molecule has 1 aromatic heterocycles. The van der Waals surface area contributed by atoms with Crippen LogP contribution in [0.25, 0.3) is 0 Å². The number of thioether (sulfide) groups is 1. The van der Waals surface area contributed by atoms with Crippen molar-refractivity contribution in [3.8, 4) is 0 Å². The number of nitrogens with zero attached hydrogens (tertiary/aromatic N) is 4. The van der Waals surface area contributed by atoms with E-state index >= 15 is 0 Å². The van der Waals surface area contributed by atoms with Crippen molar-refractivity contribution in [3.63, 3.8) is 0 Å². The molecule has 0 bridgehead atoms. The highest BCUT2D eigenvalue weighted by Gasteiger charge is 2.56. The van der Waals surface area contributed by atoms with Crippen LogP contribution in [-0.4, -0.2) is 98.8 Å². The Morgan fingerprint density at radius 2 is 1.62 bits per heavy atom. The van der Waals surface area contributed by atoms with E-state index in [0.29, 0.717) is 29.7 Å². The molecule has 5 N–H and O–H groups in total. The summed E-state index contributed by atoms with van der Waals surface area (Å²) in [4.78, 5) is 80.6. The number of nitrogen functional groups attached to an aromatic ring is 1. The number of ether oxygens (including phenoxy) is 1. The Morgan fingerprint density at radius 3 is 2.13 bits per heavy atom. The molecule has 4 aromatic rings. The van der Waals surface area contributed by atoms with E-state index in [-0.39, 0.29) is 59.5 Å². The number of nitrogens with two attached hydrogens (primary N) is 1. The van der Waals surface area contributed by atoms with Crippen molar-refractivity contribution in [1.29, 1.82) is 0 Å². The van der Waals surface area contributed by atoms with Gasteiger partial charge in [-0.15, -0.1) is 23.1 Å². The molecule has 60 heavy (non-hydrogen) atoms. The number of hydrogen-bond donors (Lipinski definition) is 4. The maximum absolute atomic E-state index is 14.4. The minimum Gasteiger partial charge on any atom is -0.477 e. The van der Waals surface area contributed by atoms with E-state index in [1.165, 1.54) is 22.7 Å². The fourth-order valence-electron chi connectivity index (χ4n) is 7.91. The van der Waals surface area contributed by atoms with E-state index in [2.05, 4.69) is 27.4 Å². The normalized spacial score (nSPS) is 20.0. The van der Waals surface area contributed by atoms with Gasteiger partial charge in [0, 0.05) is 58.9 Å². The summed E-state index contributed by atoms with van der Waals surface area (Å²) in [7, 11) is 0. The zero-order valence-electron chi connectivity index (χ0n) is 32.0. The van der Waals surface area contributed by atoms with Gasteiger partial charge in [-0.25, -0.2) is 14.6 Å². The fourth-order valence-corrected chi connectivity index (χ4v) is 9.82. The van der Waals surface area contributed by atoms with Gasteiger partial charge >= 0.3 is 12.1 Å². The summed E-state index contributed by atoms with van der Waals surface area (Å²) in [5.41, 5.74) is 7.70. The smallest absolute Gasteiger partial charge is 0.410 e. The molecular formula is C43H39N7O8S2. The molecule has 0 saturated carbocycles. The molecule has 3 saturated heterocycles. The first kappa shape index (κ1) is 40.1. The molecule has 15 nitrogen and oxygen atoms in total. The van der Waals surface area contributed by atoms with Crippen LogP contribution < -0.4 is 16.4 Å². The Labute approximate surface area is 352 Å². The highest BCUT2D eigenvalue weighted by atomic mass is 32.2. The van der Waals surface area contributed by atoms with Crippen LogP contribution in [0.3, 0.4) is 0 Å². The van der Waals surface area contributed by atoms with Gasteiger partial charge in [-0.05, 0) is 17.6 Å². The number of carbonyl (C=O) groups excluding carboxylic acids is 4. The quantitative estimate of drug-likeness (QED) is 0.0374. The Kier molecular flexibility index (Phi) is 11.3. The predicted octanol–water partition coefficient (Wildman–Crippen LogP) is 4.25. The van der Waals surface area contributed by atoms with E-state index in [1.807, 2.05) is 91.0 Å². The number of carbonyl (C=O) groups is 5. The number of aromatic nitrogens is 1. The van der Waals surface area contributed by atoms with E-state index in [0.717, 1.165) is 32.9 Å². The Balaban J connectivity index is 1.11. The number of fused-ring (bicyclic) bond motifs is 1. The van der Waals surface area contributed by atoms with E-state index < -0.39 is 40.9 Å². The molecule has 4 aliphatic heterocycles. The molecule has 4 aliphatic rings. The Morgan fingerprint density at radius 1 is 1.00 bits per heavy atom. The minimum atomic E-state index is -1.36. The third kappa shape index (κ3) is 7.30. The van der Waals surface area contributed by atoms with Gasteiger partial charge in [-0.2, -0.15) is 0 Å². The van der Waals surface area contributed by atoms with E-state index in [4.69, 9.17) is 15.3 Å². The SMILES string of the molecule is C=CCOC(=O)N1CC(C(=C2CCNC2=O)C2=C(C(=O)O)N3C(=O)[C@@H](NC(=O)C(=NOC(c4ccccc4)(c4ccccc4)c4ccccc4)c4csc(N)n4)[C@H]3SC2)C1. The number of carboxylic acids is 1. The van der Waals surface area contributed by atoms with Crippen molar-refractivity contribution >= 4 is 63.7 Å². The third-order valence-electron chi connectivity index (χ3n) is 10.7. The summed E-state index contributed by atoms with van der Waals surface area (Å²) in [5.74, 6) is -3.39. The van der Waals surface area contributed by atoms with Crippen molar-refractivity contribution in [3.05, 3.63) is 154 Å². The van der Waals surface area contributed by atoms with Crippen LogP contribution in [0.1, 0.15) is 28.8 Å². The second-order valence-electron chi connectivity index (χ2n) is 14.2. The van der Waals surface area contributed by atoms with E-state index in [1.54, 1.807) is 5.38 Å². The predicted molar refractivity (Wildman–Crippen MR) is 224 cm³/mol. The lowest BCUT2D eigenvalue weighted by Crippen LogP contribution is -2.71. The number of nitrogens with one attached hydrogen (secondary N) is 2. The summed E-state index contributed by atoms with van der Waals surface area (Å²) in [6, 6.07) is 27.2. The van der Waals surface area contributed by atoms with E-state index in [9.17, 15) is 29.1 Å². The molecule has 2 atom stereocenters. The summed E-state index contributed by atoms with van der Waals surface area (Å²) >= 11 is 2.35. The first-order valence-electron chi connectivity index (χ1n) is 19.0. The molecule has 0 spiro atoms. The van der Waals surface area contributed by atoms with Gasteiger partial charge < -0.3 is 35.9 Å². The standard InChI is InChI=1S/C43H39N7O8S2/c1-2-20-57-42(56)49-21-25(22-49)32(29-18-19-45-36(29)51)30-23-59-39-34(38(53)50(39)35(30)40(54)55)47-37(52)33(31-24-60-41(44)46-31)48-58-43(26-12-6-3-7-13-26,27-14-8-4-9-15-27)28-16-10-5-11-17-28/h2-17,24-25,34,39H,1,18-23H2,(H2,44,46)(H,45,51)(H,47,52)(H,54,55)/t34-,39-/m1/s1. The summed E-state index contributed by atoms with van der Waals surface area (Å²) < 4.78 is 5.16. The number of rotatable bonds is 13. The van der Waals surface area contributed by atoms with Crippen LogP contribution in [0.5, 0.6) is 0 Å². The number of amides is 4. The van der Waals surface area contributed by atoms with Crippen LogP contribution in [0.15, 0.2) is 137 Å². The van der Waals surface area contributed by atoms with Gasteiger partial charge in [0.2, 0.25) is 11.5 Å². The third-order valence-corrected chi connectivity index (χ3v) is 12.7. The molecule has 306 valence electrons. The molecule has 8 rings (SSSR count). The molecule has 4 amide bonds. The van der Waals surface area contributed by atoms with Crippen molar-refractivity contribution in [2.24, 2.45) is 11.1 Å². The van der Waals surface area contributed by atoms with Gasteiger partial charge in [0.05, 0.1) is 0 Å². The molecule has 3 aromatic carbocycles. The number of benzene rings is 3. The number of β-lactam (4-membered cyclic amide) rings is 1. The van der Waals surface area contributed by atoms with Gasteiger partial charge in [0.1, 0.15) is 29.4 Å². The number of oxime groups is 1. The maximum atomic E-state index is 14.4. The largest absolute Gasteiger partial charge is 0.477 e. The van der Waals surface area contributed by atoms with Gasteiger partial charge in [0.15, 0.2) is 10.8 Å². The zero-order valence-corrected chi connectivity index (χ0v) is 33.6. The highest BCUT2D eigenvalue weighted by molar-refractivity contribution is 8.00. The number of anilines is 1. The molecule has 0 unspecified atom stereocenters. The average molecular weight is 846 g/mol. The minimum absolute atomic E-state index is 0.0333. The maximum Gasteiger partial charge on any atom is 0.410 e. The van der Waals surface area contributed by atoms with Crippen LogP contribution in [0.2, 0.25) is 0 Å². The number of carboxylic acid groups (broad SMARTS) is 1. The van der Waals surface area contributed by atoms with Crippen LogP contribution in [0, 0.1) is 5.92 Å². The second-order valence-corrected chi connectivity index (χ2v) is 16.2. The molecule has 0 radical (unpaired) electrons. The number of aliphatic carboxylic acids is 1. The topological polar surface area (TPSA) is 206 Å². The van der Waals surface area contributed by atoms with Crippen LogP contribution in [0.4, 0.5) is 9.93 Å². The van der Waals surface area contributed by atoms with Gasteiger partial charge in [-0.3, -0.25) is 19.3 Å². The lowest BCUT2D eigenvalue weighted by atomic mass is 9.80. The molecule has 17 heteroatoms. The molecule has 0 aliphatic carbocycles. The highest BCUT2D eigenvalue weighted by Crippen LogP contribution is 2.46. The first-order chi connectivity index (χ1) is 29.1. The molecule has 3 fully saturated rings. The van der Waals surface area contributed by atoms with Crippen molar-refractivity contribution in [2.45, 2.75) is 23.4 Å². The van der Waals surface area contributed by atoms with Crippen molar-refractivity contribution in [1.82, 2.24) is 25.4 Å². The lowest BCUT2D eigenvalue weighted by Gasteiger charge is -2.50. The fraction of sp³-hybridized carbons (Fsp3) is 0.233. The lowest BCUT2D eigenvalue weighted by molar-refractivity contribution is -0.150. The summed E-state index contributed by atoms with van der Waals surface area (Å²) in [6.07, 6.45) is 1.26. The first-order valence-corrected chi connectivity index (χ1v) is 21.0. The zero-order chi connectivity index (χ0) is 42.0. The summed E-state index contributed by atoms with van der Waals surface area (Å²) in [6.45, 7) is 4.36.